The number of benzene rings is 1. The Morgan fingerprint density at radius 3 is 2.41 bits per heavy atom. The molecule has 1 aliphatic heterocycles. The van der Waals surface area contributed by atoms with Gasteiger partial charge in [-0.05, 0) is 32.3 Å². The minimum atomic E-state index is 0.0342. The van der Waals surface area contributed by atoms with Crippen LogP contribution in [0, 0.1) is 6.92 Å². The van der Waals surface area contributed by atoms with Gasteiger partial charge in [0.15, 0.2) is 0 Å². The molecule has 3 rings (SSSR count). The molecule has 29 heavy (non-hydrogen) atoms. The third kappa shape index (κ3) is 5.92. The average Bonchev–Trinajstić information content (AvgIpc) is 2.72. The Morgan fingerprint density at radius 2 is 1.76 bits per heavy atom. The van der Waals surface area contributed by atoms with Gasteiger partial charge in [-0.15, -0.1) is 0 Å². The number of rotatable bonds is 6. The summed E-state index contributed by atoms with van der Waals surface area (Å²) in [6.45, 7) is 11.3. The zero-order valence-electron chi connectivity index (χ0n) is 18.1. The highest BCUT2D eigenvalue weighted by Crippen LogP contribution is 2.18. The summed E-state index contributed by atoms with van der Waals surface area (Å²) in [6, 6.07) is 12.6. The number of aryl methyl sites for hydroxylation is 2. The molecular formula is C23H33N5O. The normalized spacial score (nSPS) is 15.5. The number of hydrogen-bond acceptors (Lipinski definition) is 4. The Labute approximate surface area is 174 Å². The second-order valence-corrected chi connectivity index (χ2v) is 8.23. The van der Waals surface area contributed by atoms with Crippen LogP contribution in [0.15, 0.2) is 36.4 Å². The summed E-state index contributed by atoms with van der Waals surface area (Å²) in [6.07, 6.45) is 1.91. The number of urea groups is 1. The van der Waals surface area contributed by atoms with Crippen molar-refractivity contribution in [2.24, 2.45) is 0 Å². The van der Waals surface area contributed by atoms with Crippen LogP contribution < -0.4 is 10.2 Å². The van der Waals surface area contributed by atoms with Crippen LogP contribution in [0.25, 0.3) is 0 Å². The maximum Gasteiger partial charge on any atom is 0.317 e. The van der Waals surface area contributed by atoms with E-state index in [2.05, 4.69) is 60.2 Å². The molecule has 1 fully saturated rings. The van der Waals surface area contributed by atoms with E-state index in [-0.39, 0.29) is 12.1 Å². The van der Waals surface area contributed by atoms with E-state index in [4.69, 9.17) is 4.98 Å². The summed E-state index contributed by atoms with van der Waals surface area (Å²) in [5, 5.41) is 3.15. The van der Waals surface area contributed by atoms with Crippen molar-refractivity contribution in [3.8, 4) is 0 Å². The topological polar surface area (TPSA) is 61.4 Å². The lowest BCUT2D eigenvalue weighted by molar-refractivity contribution is 0.190. The van der Waals surface area contributed by atoms with E-state index >= 15 is 0 Å². The van der Waals surface area contributed by atoms with Crippen molar-refractivity contribution in [2.45, 2.75) is 52.5 Å². The Hall–Kier alpha value is -2.63. The lowest BCUT2D eigenvalue weighted by Crippen LogP contribution is -2.53. The van der Waals surface area contributed by atoms with Gasteiger partial charge in [0.25, 0.3) is 0 Å². The zero-order valence-corrected chi connectivity index (χ0v) is 18.1. The fourth-order valence-electron chi connectivity index (χ4n) is 3.54. The first kappa shape index (κ1) is 21.1. The summed E-state index contributed by atoms with van der Waals surface area (Å²) in [5.41, 5.74) is 2.30. The van der Waals surface area contributed by atoms with E-state index in [0.29, 0.717) is 19.0 Å². The van der Waals surface area contributed by atoms with Crippen LogP contribution in [0.4, 0.5) is 10.6 Å². The summed E-state index contributed by atoms with van der Waals surface area (Å²) >= 11 is 0. The molecule has 0 radical (unpaired) electrons. The molecule has 1 aliphatic rings. The van der Waals surface area contributed by atoms with E-state index in [9.17, 15) is 4.79 Å². The van der Waals surface area contributed by atoms with Gasteiger partial charge in [0, 0.05) is 49.9 Å². The van der Waals surface area contributed by atoms with Crippen molar-refractivity contribution in [2.75, 3.05) is 31.1 Å². The number of aromatic nitrogens is 2. The van der Waals surface area contributed by atoms with Crippen LogP contribution >= 0.6 is 0 Å². The Bertz CT molecular complexity index is 800. The summed E-state index contributed by atoms with van der Waals surface area (Å²) < 4.78 is 0. The molecule has 1 saturated heterocycles. The number of carbonyl (C=O) groups is 1. The second-order valence-electron chi connectivity index (χ2n) is 8.23. The molecule has 0 aliphatic carbocycles. The van der Waals surface area contributed by atoms with Gasteiger partial charge in [-0.2, -0.15) is 0 Å². The molecule has 0 saturated carbocycles. The summed E-state index contributed by atoms with van der Waals surface area (Å²) in [5.74, 6) is 2.16. The lowest BCUT2D eigenvalue weighted by Gasteiger charge is -2.36. The van der Waals surface area contributed by atoms with Gasteiger partial charge < -0.3 is 15.1 Å². The molecule has 1 aromatic carbocycles. The van der Waals surface area contributed by atoms with Crippen LogP contribution in [0.5, 0.6) is 0 Å². The second kappa shape index (κ2) is 9.72. The monoisotopic (exact) mass is 395 g/mol. The number of hydrogen-bond donors (Lipinski definition) is 1. The largest absolute Gasteiger partial charge is 0.353 e. The first-order valence-electron chi connectivity index (χ1n) is 10.6. The average molecular weight is 396 g/mol. The van der Waals surface area contributed by atoms with Crippen molar-refractivity contribution >= 4 is 11.8 Å². The maximum absolute atomic E-state index is 12.6. The Balaban J connectivity index is 1.48. The van der Waals surface area contributed by atoms with Crippen LogP contribution in [-0.4, -0.2) is 53.1 Å². The highest BCUT2D eigenvalue weighted by molar-refractivity contribution is 5.74. The standard InChI is InChI=1S/C23H33N5O/c1-17(2)22-24-19(4)16-21(26-22)27-12-14-28(15-13-27)23(29)25-18(3)10-11-20-8-6-5-7-9-20/h5-9,16-18H,10-15H2,1-4H3,(H,25,29). The molecule has 1 N–H and O–H groups in total. The number of piperazine rings is 1. The summed E-state index contributed by atoms with van der Waals surface area (Å²) in [7, 11) is 0. The zero-order chi connectivity index (χ0) is 20.8. The van der Waals surface area contributed by atoms with Crippen LogP contribution in [0.1, 0.15) is 50.2 Å². The van der Waals surface area contributed by atoms with Crippen molar-refractivity contribution in [3.63, 3.8) is 0 Å². The smallest absolute Gasteiger partial charge is 0.317 e. The highest BCUT2D eigenvalue weighted by Gasteiger charge is 2.23. The third-order valence-electron chi connectivity index (χ3n) is 5.34. The van der Waals surface area contributed by atoms with Crippen LogP contribution in [0.3, 0.4) is 0 Å². The molecule has 6 heteroatoms. The van der Waals surface area contributed by atoms with Crippen molar-refractivity contribution in [1.29, 1.82) is 0 Å². The Kier molecular flexibility index (Phi) is 7.07. The molecule has 1 atom stereocenters. The molecule has 2 heterocycles. The third-order valence-corrected chi connectivity index (χ3v) is 5.34. The van der Waals surface area contributed by atoms with Crippen molar-refractivity contribution in [1.82, 2.24) is 20.2 Å². The van der Waals surface area contributed by atoms with Crippen LogP contribution in [0.2, 0.25) is 0 Å². The minimum absolute atomic E-state index is 0.0342. The quantitative estimate of drug-likeness (QED) is 0.809. The molecule has 1 aromatic heterocycles. The van der Waals surface area contributed by atoms with E-state index in [0.717, 1.165) is 43.3 Å². The Morgan fingerprint density at radius 1 is 1.07 bits per heavy atom. The van der Waals surface area contributed by atoms with Crippen LogP contribution in [-0.2, 0) is 6.42 Å². The number of anilines is 1. The number of amides is 2. The molecule has 0 spiro atoms. The van der Waals surface area contributed by atoms with Gasteiger partial charge in [0.1, 0.15) is 11.6 Å². The van der Waals surface area contributed by atoms with E-state index in [1.54, 1.807) is 0 Å². The fraction of sp³-hybridized carbons (Fsp3) is 0.522. The molecule has 2 amide bonds. The minimum Gasteiger partial charge on any atom is -0.353 e. The number of nitrogens with zero attached hydrogens (tertiary/aromatic N) is 4. The van der Waals surface area contributed by atoms with Gasteiger partial charge in [-0.3, -0.25) is 0 Å². The molecule has 1 unspecified atom stereocenters. The van der Waals surface area contributed by atoms with Gasteiger partial charge >= 0.3 is 6.03 Å². The van der Waals surface area contributed by atoms with E-state index in [1.807, 2.05) is 24.0 Å². The van der Waals surface area contributed by atoms with E-state index < -0.39 is 0 Å². The highest BCUT2D eigenvalue weighted by atomic mass is 16.2. The molecule has 156 valence electrons. The molecular weight excluding hydrogens is 362 g/mol. The lowest BCUT2D eigenvalue weighted by atomic mass is 10.1. The van der Waals surface area contributed by atoms with Gasteiger partial charge in [-0.25, -0.2) is 14.8 Å². The van der Waals surface area contributed by atoms with Crippen molar-refractivity contribution in [3.05, 3.63) is 53.5 Å². The molecule has 6 nitrogen and oxygen atoms in total. The first-order chi connectivity index (χ1) is 13.9. The summed E-state index contributed by atoms with van der Waals surface area (Å²) in [4.78, 5) is 26.0. The van der Waals surface area contributed by atoms with Gasteiger partial charge in [-0.1, -0.05) is 44.2 Å². The fourth-order valence-corrected chi connectivity index (χ4v) is 3.54. The molecule has 2 aromatic rings. The molecule has 0 bridgehead atoms. The SMILES string of the molecule is Cc1cc(N2CCN(C(=O)NC(C)CCc3ccccc3)CC2)nc(C(C)C)n1. The predicted molar refractivity (Wildman–Crippen MR) is 117 cm³/mol. The predicted octanol–water partition coefficient (Wildman–Crippen LogP) is 3.76. The number of nitrogens with one attached hydrogen (secondary N) is 1. The van der Waals surface area contributed by atoms with E-state index in [1.165, 1.54) is 5.56 Å². The van der Waals surface area contributed by atoms with Gasteiger partial charge in [0.2, 0.25) is 0 Å². The number of carbonyl (C=O) groups excluding carboxylic acids is 1. The van der Waals surface area contributed by atoms with Gasteiger partial charge in [0.05, 0.1) is 0 Å². The maximum atomic E-state index is 12.6. The van der Waals surface area contributed by atoms with Crippen molar-refractivity contribution < 1.29 is 4.79 Å². The first-order valence-corrected chi connectivity index (χ1v) is 10.6.